The summed E-state index contributed by atoms with van der Waals surface area (Å²) in [6.07, 6.45) is 2.44. The Kier molecular flexibility index (Phi) is 5.72. The summed E-state index contributed by atoms with van der Waals surface area (Å²) in [5.74, 6) is 0.292. The van der Waals surface area contributed by atoms with Gasteiger partial charge in [0.2, 0.25) is 0 Å². The van der Waals surface area contributed by atoms with E-state index in [1.807, 2.05) is 6.07 Å². The minimum atomic E-state index is -0.435. The molecule has 0 atom stereocenters. The summed E-state index contributed by atoms with van der Waals surface area (Å²) in [6, 6.07) is 7.22. The van der Waals surface area contributed by atoms with Gasteiger partial charge in [-0.25, -0.2) is 4.39 Å². The number of nitrogens with zero attached hydrogens (tertiary/aromatic N) is 2. The average molecular weight is 289 g/mol. The topological polar surface area (TPSA) is 39.1 Å². The van der Waals surface area contributed by atoms with Crippen molar-refractivity contribution in [2.45, 2.75) is 39.3 Å². The van der Waals surface area contributed by atoms with Gasteiger partial charge in [-0.05, 0) is 63.4 Å². The second kappa shape index (κ2) is 7.53. The highest BCUT2D eigenvalue weighted by atomic mass is 19.1. The third-order valence-corrected chi connectivity index (χ3v) is 4.22. The first-order chi connectivity index (χ1) is 10.1. The molecule has 0 saturated carbocycles. The van der Waals surface area contributed by atoms with Crippen LogP contribution in [0.2, 0.25) is 0 Å². The molecule has 1 saturated heterocycles. The van der Waals surface area contributed by atoms with E-state index >= 15 is 0 Å². The lowest BCUT2D eigenvalue weighted by Gasteiger charge is -2.32. The van der Waals surface area contributed by atoms with Gasteiger partial charge in [-0.3, -0.25) is 4.90 Å². The number of piperidine rings is 1. The van der Waals surface area contributed by atoms with E-state index < -0.39 is 5.82 Å². The van der Waals surface area contributed by atoms with Crippen LogP contribution in [-0.4, -0.2) is 30.6 Å². The van der Waals surface area contributed by atoms with E-state index in [1.54, 1.807) is 12.1 Å². The highest BCUT2D eigenvalue weighted by molar-refractivity contribution is 5.34. The molecule has 1 aromatic rings. The number of rotatable bonds is 5. The van der Waals surface area contributed by atoms with Crippen LogP contribution in [0, 0.1) is 23.1 Å². The molecular weight excluding hydrogens is 265 g/mol. The normalized spacial score (nSPS) is 16.4. The zero-order valence-corrected chi connectivity index (χ0v) is 12.9. The molecule has 0 bridgehead atoms. The van der Waals surface area contributed by atoms with Crippen molar-refractivity contribution in [1.29, 1.82) is 5.26 Å². The van der Waals surface area contributed by atoms with Crippen LogP contribution in [0.1, 0.15) is 37.8 Å². The van der Waals surface area contributed by atoms with Gasteiger partial charge < -0.3 is 5.32 Å². The van der Waals surface area contributed by atoms with Crippen molar-refractivity contribution >= 4 is 0 Å². The number of nitrogens with one attached hydrogen (secondary N) is 1. The van der Waals surface area contributed by atoms with Crippen LogP contribution in [-0.2, 0) is 6.54 Å². The van der Waals surface area contributed by atoms with E-state index in [9.17, 15) is 4.39 Å². The minimum Gasteiger partial charge on any atom is -0.317 e. The Labute approximate surface area is 126 Å². The predicted molar refractivity (Wildman–Crippen MR) is 82.3 cm³/mol. The van der Waals surface area contributed by atoms with Crippen LogP contribution in [0.3, 0.4) is 0 Å². The average Bonchev–Trinajstić information content (AvgIpc) is 2.49. The van der Waals surface area contributed by atoms with Crippen molar-refractivity contribution in [1.82, 2.24) is 10.2 Å². The monoisotopic (exact) mass is 289 g/mol. The van der Waals surface area contributed by atoms with Gasteiger partial charge in [-0.1, -0.05) is 6.07 Å². The largest absolute Gasteiger partial charge is 0.317 e. The SMILES string of the molecule is CC(C)N(Cc1ccc(F)c(C#N)c1)CC1CCNCC1. The molecule has 114 valence electrons. The van der Waals surface area contributed by atoms with Crippen LogP contribution in [0.5, 0.6) is 0 Å². The van der Waals surface area contributed by atoms with E-state index in [2.05, 4.69) is 24.1 Å². The molecule has 3 nitrogen and oxygen atoms in total. The van der Waals surface area contributed by atoms with Crippen LogP contribution < -0.4 is 5.32 Å². The molecule has 21 heavy (non-hydrogen) atoms. The van der Waals surface area contributed by atoms with Crippen LogP contribution in [0.15, 0.2) is 18.2 Å². The maximum atomic E-state index is 13.4. The molecule has 0 unspecified atom stereocenters. The smallest absolute Gasteiger partial charge is 0.140 e. The first-order valence-electron chi connectivity index (χ1n) is 7.73. The molecule has 0 aliphatic carbocycles. The molecule has 0 radical (unpaired) electrons. The van der Waals surface area contributed by atoms with E-state index in [0.717, 1.165) is 37.7 Å². The molecule has 1 N–H and O–H groups in total. The number of hydrogen-bond donors (Lipinski definition) is 1. The molecule has 0 aromatic heterocycles. The lowest BCUT2D eigenvalue weighted by Crippen LogP contribution is -2.39. The predicted octanol–water partition coefficient (Wildman–Crippen LogP) is 2.91. The summed E-state index contributed by atoms with van der Waals surface area (Å²) in [4.78, 5) is 2.42. The fourth-order valence-corrected chi connectivity index (χ4v) is 2.84. The van der Waals surface area contributed by atoms with Crippen LogP contribution in [0.4, 0.5) is 4.39 Å². The van der Waals surface area contributed by atoms with Crippen molar-refractivity contribution < 1.29 is 4.39 Å². The molecule has 0 spiro atoms. The van der Waals surface area contributed by atoms with Gasteiger partial charge in [-0.2, -0.15) is 5.26 Å². The van der Waals surface area contributed by atoms with E-state index in [-0.39, 0.29) is 5.56 Å². The highest BCUT2D eigenvalue weighted by Crippen LogP contribution is 2.18. The molecule has 1 aliphatic heterocycles. The summed E-state index contributed by atoms with van der Waals surface area (Å²) >= 11 is 0. The first-order valence-corrected chi connectivity index (χ1v) is 7.73. The summed E-state index contributed by atoms with van der Waals surface area (Å²) in [6.45, 7) is 8.43. The molecule has 2 rings (SSSR count). The fraction of sp³-hybridized carbons (Fsp3) is 0.588. The summed E-state index contributed by atoms with van der Waals surface area (Å²) in [7, 11) is 0. The standard InChI is InChI=1S/C17H24FN3/c1-13(2)21(11-14-5-7-20-8-6-14)12-15-3-4-17(18)16(9-15)10-19/h3-4,9,13-14,20H,5-8,11-12H2,1-2H3. The maximum Gasteiger partial charge on any atom is 0.140 e. The third-order valence-electron chi connectivity index (χ3n) is 4.22. The van der Waals surface area contributed by atoms with Gasteiger partial charge in [0.1, 0.15) is 11.9 Å². The van der Waals surface area contributed by atoms with E-state index in [1.165, 1.54) is 18.9 Å². The van der Waals surface area contributed by atoms with Gasteiger partial charge in [-0.15, -0.1) is 0 Å². The van der Waals surface area contributed by atoms with Crippen molar-refractivity contribution in [2.24, 2.45) is 5.92 Å². The summed E-state index contributed by atoms with van der Waals surface area (Å²) in [5, 5.41) is 12.3. The van der Waals surface area contributed by atoms with Crippen molar-refractivity contribution in [3.05, 3.63) is 35.1 Å². The van der Waals surface area contributed by atoms with E-state index in [0.29, 0.717) is 6.04 Å². The van der Waals surface area contributed by atoms with Crippen LogP contribution in [0.25, 0.3) is 0 Å². The second-order valence-electron chi connectivity index (χ2n) is 6.14. The number of benzene rings is 1. The molecule has 1 heterocycles. The minimum absolute atomic E-state index is 0.137. The van der Waals surface area contributed by atoms with Crippen molar-refractivity contribution in [3.8, 4) is 6.07 Å². The zero-order chi connectivity index (χ0) is 15.2. The molecule has 1 aliphatic rings. The first kappa shape index (κ1) is 15.9. The second-order valence-corrected chi connectivity index (χ2v) is 6.14. The summed E-state index contributed by atoms with van der Waals surface area (Å²) < 4.78 is 13.4. The molecule has 4 heteroatoms. The Bertz CT molecular complexity index is 501. The maximum absolute atomic E-state index is 13.4. The van der Waals surface area contributed by atoms with Crippen LogP contribution >= 0.6 is 0 Å². The van der Waals surface area contributed by atoms with Gasteiger partial charge in [0.05, 0.1) is 5.56 Å². The Morgan fingerprint density at radius 2 is 2.10 bits per heavy atom. The zero-order valence-electron chi connectivity index (χ0n) is 12.9. The quantitative estimate of drug-likeness (QED) is 0.906. The third kappa shape index (κ3) is 4.52. The fourth-order valence-electron chi connectivity index (χ4n) is 2.84. The van der Waals surface area contributed by atoms with Gasteiger partial charge >= 0.3 is 0 Å². The van der Waals surface area contributed by atoms with Gasteiger partial charge in [0.15, 0.2) is 0 Å². The lowest BCUT2D eigenvalue weighted by atomic mass is 9.96. The Balaban J connectivity index is 2.03. The van der Waals surface area contributed by atoms with Gasteiger partial charge in [0, 0.05) is 19.1 Å². The molecule has 1 aromatic carbocycles. The van der Waals surface area contributed by atoms with Crippen molar-refractivity contribution in [2.75, 3.05) is 19.6 Å². The molecule has 0 amide bonds. The van der Waals surface area contributed by atoms with Gasteiger partial charge in [0.25, 0.3) is 0 Å². The Morgan fingerprint density at radius 3 is 2.71 bits per heavy atom. The highest BCUT2D eigenvalue weighted by Gasteiger charge is 2.19. The number of halogens is 1. The van der Waals surface area contributed by atoms with E-state index in [4.69, 9.17) is 5.26 Å². The van der Waals surface area contributed by atoms with Crippen molar-refractivity contribution in [3.63, 3.8) is 0 Å². The molecular formula is C17H24FN3. The summed E-state index contributed by atoms with van der Waals surface area (Å²) in [5.41, 5.74) is 1.15. The number of hydrogen-bond acceptors (Lipinski definition) is 3. The Morgan fingerprint density at radius 1 is 1.38 bits per heavy atom. The lowest BCUT2D eigenvalue weighted by molar-refractivity contribution is 0.162. The molecule has 1 fully saturated rings. The Hall–Kier alpha value is -1.44. The number of nitriles is 1.